The number of nitrogens with zero attached hydrogens (tertiary/aromatic N) is 4. The molecule has 1 saturated heterocycles. The molecule has 6 heteroatoms. The van der Waals surface area contributed by atoms with E-state index >= 15 is 0 Å². The number of benzene rings is 1. The van der Waals surface area contributed by atoms with Gasteiger partial charge in [0.2, 0.25) is 5.91 Å². The Hall–Kier alpha value is -1.82. The highest BCUT2D eigenvalue weighted by Crippen LogP contribution is 2.24. The van der Waals surface area contributed by atoms with Crippen molar-refractivity contribution in [3.8, 4) is 5.69 Å². The van der Waals surface area contributed by atoms with E-state index in [9.17, 15) is 4.79 Å². The van der Waals surface area contributed by atoms with E-state index in [2.05, 4.69) is 49.2 Å². The quantitative estimate of drug-likeness (QED) is 0.798. The first-order chi connectivity index (χ1) is 11.6. The van der Waals surface area contributed by atoms with Gasteiger partial charge in [0, 0.05) is 12.6 Å². The van der Waals surface area contributed by atoms with Gasteiger partial charge in [0.1, 0.15) is 6.33 Å². The molecule has 0 aliphatic carbocycles. The minimum atomic E-state index is 0.197. The number of aromatic nitrogens is 3. The first-order valence-corrected chi connectivity index (χ1v) is 9.44. The van der Waals surface area contributed by atoms with Crippen molar-refractivity contribution in [1.82, 2.24) is 19.7 Å². The highest BCUT2D eigenvalue weighted by molar-refractivity contribution is 7.99. The number of piperidine rings is 1. The molecule has 2 aromatic rings. The fourth-order valence-corrected chi connectivity index (χ4v) is 3.95. The number of carbonyl (C=O) groups is 1. The van der Waals surface area contributed by atoms with E-state index in [1.54, 1.807) is 6.33 Å². The molecule has 0 saturated carbocycles. The molecule has 0 bridgehead atoms. The number of rotatable bonds is 4. The molecule has 128 valence electrons. The highest BCUT2D eigenvalue weighted by atomic mass is 32.2. The molecule has 1 aliphatic rings. The molecule has 24 heavy (non-hydrogen) atoms. The third-order valence-electron chi connectivity index (χ3n) is 4.59. The zero-order chi connectivity index (χ0) is 17.1. The standard InChI is InChI=1S/C18H24N4OS/c1-13-7-8-14(2)16(10-13)22-12-19-20-18(22)24-11-17(23)21-9-5-4-6-15(21)3/h7-8,10,12,15H,4-6,9,11H2,1-3H3/t15-/m1/s1. The van der Waals surface area contributed by atoms with E-state index < -0.39 is 0 Å². The summed E-state index contributed by atoms with van der Waals surface area (Å²) >= 11 is 1.47. The van der Waals surface area contributed by atoms with Crippen LogP contribution in [0.1, 0.15) is 37.3 Å². The molecule has 5 nitrogen and oxygen atoms in total. The summed E-state index contributed by atoms with van der Waals surface area (Å²) in [6.45, 7) is 7.16. The zero-order valence-electron chi connectivity index (χ0n) is 14.5. The Labute approximate surface area is 147 Å². The predicted octanol–water partition coefficient (Wildman–Crippen LogP) is 3.38. The van der Waals surface area contributed by atoms with Gasteiger partial charge in [-0.3, -0.25) is 9.36 Å². The molecule has 0 spiro atoms. The van der Waals surface area contributed by atoms with Crippen LogP contribution >= 0.6 is 11.8 Å². The number of amides is 1. The van der Waals surface area contributed by atoms with Crippen LogP contribution in [0.15, 0.2) is 29.7 Å². The van der Waals surface area contributed by atoms with Crippen molar-refractivity contribution in [1.29, 1.82) is 0 Å². The Morgan fingerprint density at radius 2 is 2.17 bits per heavy atom. The molecule has 1 fully saturated rings. The van der Waals surface area contributed by atoms with Crippen molar-refractivity contribution < 1.29 is 4.79 Å². The van der Waals surface area contributed by atoms with E-state index in [1.165, 1.54) is 29.3 Å². The largest absolute Gasteiger partial charge is 0.339 e. The van der Waals surface area contributed by atoms with Crippen LogP contribution in [0.2, 0.25) is 0 Å². The topological polar surface area (TPSA) is 51.0 Å². The average molecular weight is 344 g/mol. The van der Waals surface area contributed by atoms with Crippen LogP contribution < -0.4 is 0 Å². The number of hydrogen-bond acceptors (Lipinski definition) is 4. The van der Waals surface area contributed by atoms with Gasteiger partial charge < -0.3 is 4.90 Å². The Morgan fingerprint density at radius 1 is 1.33 bits per heavy atom. The van der Waals surface area contributed by atoms with Crippen LogP contribution in [-0.4, -0.2) is 43.9 Å². The van der Waals surface area contributed by atoms with Crippen molar-refractivity contribution in [2.45, 2.75) is 51.2 Å². The van der Waals surface area contributed by atoms with Gasteiger partial charge in [-0.05, 0) is 57.2 Å². The second kappa shape index (κ2) is 7.38. The lowest BCUT2D eigenvalue weighted by Gasteiger charge is -2.33. The summed E-state index contributed by atoms with van der Waals surface area (Å²) in [4.78, 5) is 14.5. The van der Waals surface area contributed by atoms with Crippen LogP contribution in [0, 0.1) is 13.8 Å². The average Bonchev–Trinajstić information content (AvgIpc) is 3.03. The van der Waals surface area contributed by atoms with Crippen LogP contribution in [0.25, 0.3) is 5.69 Å². The summed E-state index contributed by atoms with van der Waals surface area (Å²) < 4.78 is 1.97. The Bertz CT molecular complexity index is 728. The third-order valence-corrected chi connectivity index (χ3v) is 5.52. The van der Waals surface area contributed by atoms with Gasteiger partial charge in [0.15, 0.2) is 5.16 Å². The van der Waals surface area contributed by atoms with Crippen molar-refractivity contribution in [3.63, 3.8) is 0 Å². The first-order valence-electron chi connectivity index (χ1n) is 8.46. The lowest BCUT2D eigenvalue weighted by Crippen LogP contribution is -2.42. The summed E-state index contributed by atoms with van der Waals surface area (Å²) in [7, 11) is 0. The number of likely N-dealkylation sites (tertiary alicyclic amines) is 1. The summed E-state index contributed by atoms with van der Waals surface area (Å²) in [6, 6.07) is 6.66. The van der Waals surface area contributed by atoms with Crippen molar-refractivity contribution in [2.75, 3.05) is 12.3 Å². The Kier molecular flexibility index (Phi) is 5.23. The summed E-state index contributed by atoms with van der Waals surface area (Å²) in [5.74, 6) is 0.608. The Morgan fingerprint density at radius 3 is 2.96 bits per heavy atom. The van der Waals surface area contributed by atoms with Crippen molar-refractivity contribution >= 4 is 17.7 Å². The van der Waals surface area contributed by atoms with Crippen LogP contribution in [0.4, 0.5) is 0 Å². The third kappa shape index (κ3) is 3.64. The lowest BCUT2D eigenvalue weighted by atomic mass is 10.0. The van der Waals surface area contributed by atoms with E-state index in [4.69, 9.17) is 0 Å². The second-order valence-electron chi connectivity index (χ2n) is 6.49. The van der Waals surface area contributed by atoms with Gasteiger partial charge in [0.25, 0.3) is 0 Å². The fraction of sp³-hybridized carbons (Fsp3) is 0.500. The molecular weight excluding hydrogens is 320 g/mol. The number of thioether (sulfide) groups is 1. The molecule has 1 aliphatic heterocycles. The van der Waals surface area contributed by atoms with E-state index in [1.807, 2.05) is 9.47 Å². The number of carbonyl (C=O) groups excluding carboxylic acids is 1. The van der Waals surface area contributed by atoms with Gasteiger partial charge in [-0.15, -0.1) is 10.2 Å². The fourth-order valence-electron chi connectivity index (χ4n) is 3.14. The predicted molar refractivity (Wildman–Crippen MR) is 96.6 cm³/mol. The zero-order valence-corrected chi connectivity index (χ0v) is 15.3. The monoisotopic (exact) mass is 344 g/mol. The van der Waals surface area contributed by atoms with E-state index in [0.29, 0.717) is 11.8 Å². The lowest BCUT2D eigenvalue weighted by molar-refractivity contribution is -0.131. The van der Waals surface area contributed by atoms with Crippen molar-refractivity contribution in [2.24, 2.45) is 0 Å². The normalized spacial score (nSPS) is 18.0. The molecule has 3 rings (SSSR count). The minimum absolute atomic E-state index is 0.197. The van der Waals surface area contributed by atoms with Gasteiger partial charge in [-0.1, -0.05) is 23.9 Å². The maximum absolute atomic E-state index is 12.5. The molecule has 0 unspecified atom stereocenters. The summed E-state index contributed by atoms with van der Waals surface area (Å²) in [5.41, 5.74) is 3.43. The molecule has 0 radical (unpaired) electrons. The second-order valence-corrected chi connectivity index (χ2v) is 7.44. The maximum Gasteiger partial charge on any atom is 0.233 e. The minimum Gasteiger partial charge on any atom is -0.339 e. The molecule has 1 aromatic carbocycles. The van der Waals surface area contributed by atoms with Gasteiger partial charge >= 0.3 is 0 Å². The maximum atomic E-state index is 12.5. The molecule has 2 heterocycles. The van der Waals surface area contributed by atoms with E-state index in [0.717, 1.165) is 30.2 Å². The molecule has 0 N–H and O–H groups in total. The van der Waals surface area contributed by atoms with Crippen LogP contribution in [0.5, 0.6) is 0 Å². The Balaban J connectivity index is 1.72. The van der Waals surface area contributed by atoms with Crippen LogP contribution in [-0.2, 0) is 4.79 Å². The molecule has 1 atom stereocenters. The SMILES string of the molecule is Cc1ccc(C)c(-n2cnnc2SCC(=O)N2CCCC[C@H]2C)c1. The molecule has 1 amide bonds. The highest BCUT2D eigenvalue weighted by Gasteiger charge is 2.23. The summed E-state index contributed by atoms with van der Waals surface area (Å²) in [5, 5.41) is 9.01. The number of hydrogen-bond donors (Lipinski definition) is 0. The molecule has 1 aromatic heterocycles. The van der Waals surface area contributed by atoms with E-state index in [-0.39, 0.29) is 5.91 Å². The number of aryl methyl sites for hydroxylation is 2. The van der Waals surface area contributed by atoms with Crippen LogP contribution in [0.3, 0.4) is 0 Å². The van der Waals surface area contributed by atoms with Gasteiger partial charge in [-0.25, -0.2) is 0 Å². The van der Waals surface area contributed by atoms with Crippen molar-refractivity contribution in [3.05, 3.63) is 35.7 Å². The first kappa shape index (κ1) is 17.0. The summed E-state index contributed by atoms with van der Waals surface area (Å²) in [6.07, 6.45) is 5.16. The van der Waals surface area contributed by atoms with Gasteiger partial charge in [0.05, 0.1) is 11.4 Å². The van der Waals surface area contributed by atoms with Gasteiger partial charge in [-0.2, -0.15) is 0 Å². The smallest absolute Gasteiger partial charge is 0.233 e. The molecular formula is C18H24N4OS.